The van der Waals surface area contributed by atoms with Gasteiger partial charge in [-0.2, -0.15) is 0 Å². The molecule has 6 heteroatoms. The van der Waals surface area contributed by atoms with Crippen molar-refractivity contribution in [3.8, 4) is 0 Å². The van der Waals surface area contributed by atoms with Crippen LogP contribution in [0.15, 0.2) is 0 Å². The van der Waals surface area contributed by atoms with E-state index in [2.05, 4.69) is 41.5 Å². The predicted molar refractivity (Wildman–Crippen MR) is 135 cm³/mol. The molecule has 5 nitrogen and oxygen atoms in total. The zero-order chi connectivity index (χ0) is 24.2. The summed E-state index contributed by atoms with van der Waals surface area (Å²) in [7, 11) is -3.54. The molecule has 0 heterocycles. The number of ether oxygens (including phenoxy) is 1. The first-order chi connectivity index (χ1) is 15.4. The standard InChI is InChI=1S/C26H53O5P/c1-7-13-16-23(10-4)19-29-26(27)22-32(28,30-20-24(11-5)17-14-8-2)31-21-25(12-6)18-15-9-3/h23-25H,7-22H2,1-6H3. The number of carbonyl (C=O) groups is 1. The van der Waals surface area contributed by atoms with Crippen LogP contribution < -0.4 is 0 Å². The van der Waals surface area contributed by atoms with Crippen LogP contribution in [0.2, 0.25) is 0 Å². The van der Waals surface area contributed by atoms with Gasteiger partial charge in [0.1, 0.15) is 6.16 Å². The Labute approximate surface area is 199 Å². The Morgan fingerprint density at radius 2 is 1.03 bits per heavy atom. The summed E-state index contributed by atoms with van der Waals surface area (Å²) in [4.78, 5) is 12.6. The summed E-state index contributed by atoms with van der Waals surface area (Å²) in [5.41, 5.74) is 0. The molecule has 0 aromatic carbocycles. The summed E-state index contributed by atoms with van der Waals surface area (Å²) in [5.74, 6) is 0.565. The minimum Gasteiger partial charge on any atom is -0.465 e. The van der Waals surface area contributed by atoms with Gasteiger partial charge in [-0.3, -0.25) is 9.36 Å². The van der Waals surface area contributed by atoms with Crippen molar-refractivity contribution in [2.75, 3.05) is 26.0 Å². The molecule has 3 atom stereocenters. The third-order valence-corrected chi connectivity index (χ3v) is 8.18. The van der Waals surface area contributed by atoms with Gasteiger partial charge < -0.3 is 13.8 Å². The highest BCUT2D eigenvalue weighted by molar-refractivity contribution is 7.54. The molecular formula is C26H53O5P. The molecular weight excluding hydrogens is 423 g/mol. The smallest absolute Gasteiger partial charge is 0.341 e. The third-order valence-electron chi connectivity index (χ3n) is 6.45. The summed E-state index contributed by atoms with van der Waals surface area (Å²) in [6.07, 6.45) is 12.5. The van der Waals surface area contributed by atoms with E-state index in [1.807, 2.05) is 0 Å². The molecule has 0 spiro atoms. The van der Waals surface area contributed by atoms with Gasteiger partial charge in [0.2, 0.25) is 0 Å². The van der Waals surface area contributed by atoms with Gasteiger partial charge in [0.05, 0.1) is 19.8 Å². The first-order valence-electron chi connectivity index (χ1n) is 13.4. The fourth-order valence-electron chi connectivity index (χ4n) is 3.68. The second-order valence-corrected chi connectivity index (χ2v) is 11.3. The Hall–Kier alpha value is -0.380. The molecule has 192 valence electrons. The third kappa shape index (κ3) is 15.5. The summed E-state index contributed by atoms with van der Waals surface area (Å²) >= 11 is 0. The predicted octanol–water partition coefficient (Wildman–Crippen LogP) is 8.41. The highest BCUT2D eigenvalue weighted by Crippen LogP contribution is 2.49. The number of rotatable bonds is 22. The molecule has 0 saturated carbocycles. The molecule has 32 heavy (non-hydrogen) atoms. The fourth-order valence-corrected chi connectivity index (χ4v) is 5.22. The molecule has 3 unspecified atom stereocenters. The molecule has 0 saturated heterocycles. The van der Waals surface area contributed by atoms with Gasteiger partial charge in [0.15, 0.2) is 0 Å². The molecule has 0 radical (unpaired) electrons. The molecule has 0 aliphatic heterocycles. The molecule has 0 aliphatic rings. The Morgan fingerprint density at radius 3 is 1.38 bits per heavy atom. The number of carbonyl (C=O) groups excluding carboxylic acids is 1. The maximum atomic E-state index is 13.6. The lowest BCUT2D eigenvalue weighted by atomic mass is 10.0. The van der Waals surface area contributed by atoms with Gasteiger partial charge >= 0.3 is 13.6 Å². The van der Waals surface area contributed by atoms with Crippen molar-refractivity contribution in [1.82, 2.24) is 0 Å². The number of hydrogen-bond donors (Lipinski definition) is 0. The number of hydrogen-bond acceptors (Lipinski definition) is 5. The molecule has 0 aliphatic carbocycles. The summed E-state index contributed by atoms with van der Waals surface area (Å²) in [5, 5.41) is 0. The van der Waals surface area contributed by atoms with Crippen molar-refractivity contribution in [2.45, 2.75) is 119 Å². The van der Waals surface area contributed by atoms with Gasteiger partial charge in [-0.1, -0.05) is 99.3 Å². The Morgan fingerprint density at radius 1 is 0.656 bits per heavy atom. The van der Waals surface area contributed by atoms with E-state index in [1.165, 1.54) is 0 Å². The van der Waals surface area contributed by atoms with Crippen molar-refractivity contribution in [2.24, 2.45) is 17.8 Å². The zero-order valence-electron chi connectivity index (χ0n) is 22.0. The van der Waals surface area contributed by atoms with Crippen LogP contribution in [-0.2, 0) is 23.1 Å². The Balaban J connectivity index is 5.00. The Bertz CT molecular complexity index is 473. The van der Waals surface area contributed by atoms with Crippen LogP contribution in [0.1, 0.15) is 119 Å². The topological polar surface area (TPSA) is 61.8 Å². The van der Waals surface area contributed by atoms with E-state index in [0.29, 0.717) is 37.6 Å². The van der Waals surface area contributed by atoms with E-state index in [-0.39, 0.29) is 6.16 Å². The van der Waals surface area contributed by atoms with Gasteiger partial charge in [-0.15, -0.1) is 0 Å². The molecule has 0 rings (SSSR count). The van der Waals surface area contributed by atoms with Crippen LogP contribution in [0.5, 0.6) is 0 Å². The summed E-state index contributed by atoms with van der Waals surface area (Å²) in [6.45, 7) is 14.0. The van der Waals surface area contributed by atoms with Gasteiger partial charge in [0, 0.05) is 0 Å². The van der Waals surface area contributed by atoms with E-state index in [0.717, 1.165) is 77.0 Å². The molecule has 0 fully saturated rings. The summed E-state index contributed by atoms with van der Waals surface area (Å²) in [6, 6.07) is 0. The van der Waals surface area contributed by atoms with Crippen molar-refractivity contribution in [1.29, 1.82) is 0 Å². The second-order valence-electron chi connectivity index (χ2n) is 9.29. The average Bonchev–Trinajstić information content (AvgIpc) is 2.79. The van der Waals surface area contributed by atoms with Gasteiger partial charge in [-0.25, -0.2) is 0 Å². The SMILES string of the molecule is CCCCC(CC)COC(=O)CP(=O)(OCC(CC)CCCC)OCC(CC)CCCC. The van der Waals surface area contributed by atoms with Crippen LogP contribution in [0.3, 0.4) is 0 Å². The van der Waals surface area contributed by atoms with Gasteiger partial charge in [0.25, 0.3) is 0 Å². The fraction of sp³-hybridized carbons (Fsp3) is 0.962. The lowest BCUT2D eigenvalue weighted by molar-refractivity contribution is -0.142. The first-order valence-corrected chi connectivity index (χ1v) is 15.1. The van der Waals surface area contributed by atoms with Crippen molar-refractivity contribution >= 4 is 13.6 Å². The van der Waals surface area contributed by atoms with Crippen molar-refractivity contribution < 1.29 is 23.1 Å². The van der Waals surface area contributed by atoms with E-state index in [9.17, 15) is 9.36 Å². The quantitative estimate of drug-likeness (QED) is 0.116. The average molecular weight is 477 g/mol. The minimum absolute atomic E-state index is 0.286. The van der Waals surface area contributed by atoms with E-state index in [4.69, 9.17) is 13.8 Å². The van der Waals surface area contributed by atoms with Crippen LogP contribution >= 0.6 is 7.60 Å². The second kappa shape index (κ2) is 20.0. The van der Waals surface area contributed by atoms with Crippen molar-refractivity contribution in [3.05, 3.63) is 0 Å². The van der Waals surface area contributed by atoms with Gasteiger partial charge in [-0.05, 0) is 37.0 Å². The van der Waals surface area contributed by atoms with E-state index in [1.54, 1.807) is 0 Å². The van der Waals surface area contributed by atoms with Crippen LogP contribution in [0, 0.1) is 17.8 Å². The largest absolute Gasteiger partial charge is 0.465 e. The van der Waals surface area contributed by atoms with Crippen molar-refractivity contribution in [3.63, 3.8) is 0 Å². The lowest BCUT2D eigenvalue weighted by Crippen LogP contribution is -2.20. The highest BCUT2D eigenvalue weighted by atomic mass is 31.2. The lowest BCUT2D eigenvalue weighted by Gasteiger charge is -2.24. The zero-order valence-corrected chi connectivity index (χ0v) is 22.9. The monoisotopic (exact) mass is 476 g/mol. The molecule has 0 amide bonds. The maximum Gasteiger partial charge on any atom is 0.341 e. The normalized spacial score (nSPS) is 16.3. The minimum atomic E-state index is -3.54. The maximum absolute atomic E-state index is 13.6. The number of esters is 1. The van der Waals surface area contributed by atoms with E-state index < -0.39 is 13.6 Å². The Kier molecular flexibility index (Phi) is 19.8. The van der Waals surface area contributed by atoms with Crippen LogP contribution in [0.4, 0.5) is 0 Å². The first kappa shape index (κ1) is 31.6. The summed E-state index contributed by atoms with van der Waals surface area (Å²) < 4.78 is 30.8. The molecule has 0 aromatic rings. The van der Waals surface area contributed by atoms with E-state index >= 15 is 0 Å². The highest BCUT2D eigenvalue weighted by Gasteiger charge is 2.31. The molecule has 0 aromatic heterocycles. The van der Waals surface area contributed by atoms with Crippen LogP contribution in [0.25, 0.3) is 0 Å². The number of unbranched alkanes of at least 4 members (excludes halogenated alkanes) is 3. The molecule has 0 N–H and O–H groups in total. The molecule has 0 bridgehead atoms. The van der Waals surface area contributed by atoms with Crippen LogP contribution in [-0.4, -0.2) is 32.0 Å².